The first-order chi connectivity index (χ1) is 14.0. The van der Waals surface area contributed by atoms with Gasteiger partial charge >= 0.3 is 6.09 Å². The zero-order valence-corrected chi connectivity index (χ0v) is 19.0. The van der Waals surface area contributed by atoms with E-state index in [1.165, 1.54) is 9.21 Å². The predicted molar refractivity (Wildman–Crippen MR) is 121 cm³/mol. The van der Waals surface area contributed by atoms with Crippen LogP contribution in [0.5, 0.6) is 0 Å². The van der Waals surface area contributed by atoms with Crippen LogP contribution in [0.25, 0.3) is 4.91 Å². The van der Waals surface area contributed by atoms with Crippen molar-refractivity contribution in [1.82, 2.24) is 14.5 Å². The molecule has 1 aromatic rings. The Morgan fingerprint density at radius 3 is 2.50 bits per heavy atom. The number of benzene rings is 1. The number of nitrogens with zero attached hydrogens (tertiary/aromatic N) is 2. The first-order valence-corrected chi connectivity index (χ1v) is 12.3. The molecule has 2 aliphatic heterocycles. The Balaban J connectivity index is 1.74. The zero-order chi connectivity index (χ0) is 22.1. The van der Waals surface area contributed by atoms with Gasteiger partial charge in [0.2, 0.25) is 0 Å². The van der Waals surface area contributed by atoms with E-state index in [1.54, 1.807) is 56.8 Å². The third kappa shape index (κ3) is 4.56. The molecule has 8 nitrogen and oxygen atoms in total. The van der Waals surface area contributed by atoms with E-state index in [2.05, 4.69) is 5.32 Å². The molecule has 2 amide bonds. The van der Waals surface area contributed by atoms with Crippen molar-refractivity contribution in [2.75, 3.05) is 25.4 Å². The van der Waals surface area contributed by atoms with Gasteiger partial charge in [0.15, 0.2) is 0 Å². The van der Waals surface area contributed by atoms with Crippen LogP contribution in [0, 0.1) is 0 Å². The molecule has 0 bridgehead atoms. The van der Waals surface area contributed by atoms with Crippen molar-refractivity contribution in [2.45, 2.75) is 38.0 Å². The number of rotatable bonds is 6. The fourth-order valence-electron chi connectivity index (χ4n) is 3.72. The summed E-state index contributed by atoms with van der Waals surface area (Å²) in [7, 11) is -3.48. The summed E-state index contributed by atoms with van der Waals surface area (Å²) in [5.74, 6) is 0.246. The van der Waals surface area contributed by atoms with E-state index in [0.29, 0.717) is 31.0 Å². The molecule has 1 unspecified atom stereocenters. The van der Waals surface area contributed by atoms with Crippen LogP contribution in [0.15, 0.2) is 36.0 Å². The van der Waals surface area contributed by atoms with Gasteiger partial charge in [-0.05, 0) is 27.2 Å². The molecule has 0 aromatic heterocycles. The average molecular weight is 456 g/mol. The fraction of sp³-hybridized carbons (Fsp3) is 0.500. The highest BCUT2D eigenvalue weighted by Gasteiger charge is 2.49. The number of hydrogen-bond acceptors (Lipinski definition) is 6. The molecule has 0 radical (unpaired) electrons. The van der Waals surface area contributed by atoms with E-state index in [9.17, 15) is 18.7 Å². The quantitative estimate of drug-likeness (QED) is 0.483. The fourth-order valence-corrected chi connectivity index (χ4v) is 6.98. The Morgan fingerprint density at radius 1 is 1.27 bits per heavy atom. The Hall–Kier alpha value is -1.88. The van der Waals surface area contributed by atoms with E-state index in [4.69, 9.17) is 5.11 Å². The van der Waals surface area contributed by atoms with Crippen molar-refractivity contribution in [3.05, 3.63) is 41.6 Å². The lowest BCUT2D eigenvalue weighted by atomic mass is 10.1. The highest BCUT2D eigenvalue weighted by Crippen LogP contribution is 2.63. The van der Waals surface area contributed by atoms with Gasteiger partial charge in [-0.2, -0.15) is 11.8 Å². The molecule has 2 heterocycles. The van der Waals surface area contributed by atoms with Crippen LogP contribution in [0.4, 0.5) is 4.79 Å². The highest BCUT2D eigenvalue weighted by atomic mass is 32.3. The number of amides is 2. The van der Waals surface area contributed by atoms with Crippen molar-refractivity contribution < 1.29 is 23.8 Å². The summed E-state index contributed by atoms with van der Waals surface area (Å²) < 4.78 is 23.2. The molecule has 0 saturated carbocycles. The SMILES string of the molecule is CC(C)(C)N1C(=O)C(NCCSC2CCN(C(=O)O)C2)=C(c2ccccc2)S1(O)O. The largest absolute Gasteiger partial charge is 0.465 e. The third-order valence-corrected chi connectivity index (χ3v) is 8.48. The molecule has 10 heteroatoms. The van der Waals surface area contributed by atoms with Crippen molar-refractivity contribution in [2.24, 2.45) is 0 Å². The summed E-state index contributed by atoms with van der Waals surface area (Å²) in [4.78, 5) is 25.8. The van der Waals surface area contributed by atoms with Crippen LogP contribution in [-0.2, 0) is 4.79 Å². The van der Waals surface area contributed by atoms with E-state index < -0.39 is 28.3 Å². The molecule has 30 heavy (non-hydrogen) atoms. The first-order valence-electron chi connectivity index (χ1n) is 9.79. The second-order valence-corrected chi connectivity index (χ2v) is 11.5. The molecule has 1 aromatic carbocycles. The van der Waals surface area contributed by atoms with Gasteiger partial charge in [0.25, 0.3) is 5.91 Å². The maximum atomic E-state index is 13.1. The number of nitrogens with one attached hydrogen (secondary N) is 1. The summed E-state index contributed by atoms with van der Waals surface area (Å²) in [6, 6.07) is 8.95. The van der Waals surface area contributed by atoms with Crippen LogP contribution in [-0.4, -0.2) is 71.6 Å². The number of hydrogen-bond donors (Lipinski definition) is 4. The molecule has 1 atom stereocenters. The van der Waals surface area contributed by atoms with Crippen LogP contribution in [0.2, 0.25) is 0 Å². The molecule has 4 N–H and O–H groups in total. The average Bonchev–Trinajstić information content (AvgIpc) is 3.19. The van der Waals surface area contributed by atoms with Gasteiger partial charge in [0, 0.05) is 36.2 Å². The zero-order valence-electron chi connectivity index (χ0n) is 17.4. The van der Waals surface area contributed by atoms with Gasteiger partial charge in [-0.3, -0.25) is 13.9 Å². The standard InChI is InChI=1S/C20H29N3O5S2/c1-20(2,3)23-18(24)16(17(30(23,27)28)14-7-5-4-6-8-14)21-10-12-29-15-9-11-22(13-15)19(25)26/h4-8,15,21,27-28H,9-13H2,1-3H3,(H,25,26). The molecule has 1 fully saturated rings. The lowest BCUT2D eigenvalue weighted by Gasteiger charge is -2.45. The van der Waals surface area contributed by atoms with Gasteiger partial charge < -0.3 is 15.3 Å². The van der Waals surface area contributed by atoms with Gasteiger partial charge in [-0.25, -0.2) is 9.10 Å². The highest BCUT2D eigenvalue weighted by molar-refractivity contribution is 8.31. The van der Waals surface area contributed by atoms with E-state index in [-0.39, 0.29) is 15.9 Å². The molecule has 2 aliphatic rings. The predicted octanol–water partition coefficient (Wildman–Crippen LogP) is 3.74. The Kier molecular flexibility index (Phi) is 6.61. The second kappa shape index (κ2) is 8.70. The molecule has 3 rings (SSSR count). The number of carbonyl (C=O) groups excluding carboxylic acids is 1. The normalized spacial score (nSPS) is 22.6. The lowest BCUT2D eigenvalue weighted by Crippen LogP contribution is -2.45. The van der Waals surface area contributed by atoms with Gasteiger partial charge in [-0.1, -0.05) is 41.1 Å². The van der Waals surface area contributed by atoms with Gasteiger partial charge in [-0.15, -0.1) is 0 Å². The Morgan fingerprint density at radius 2 is 1.93 bits per heavy atom. The van der Waals surface area contributed by atoms with Crippen LogP contribution in [0.1, 0.15) is 32.8 Å². The Labute approximate surface area is 182 Å². The number of carbonyl (C=O) groups is 2. The van der Waals surface area contributed by atoms with Gasteiger partial charge in [0.1, 0.15) is 10.6 Å². The summed E-state index contributed by atoms with van der Waals surface area (Å²) in [5.41, 5.74) is 0.0501. The van der Waals surface area contributed by atoms with Gasteiger partial charge in [0.05, 0.1) is 5.54 Å². The van der Waals surface area contributed by atoms with Crippen molar-refractivity contribution in [3.8, 4) is 0 Å². The maximum Gasteiger partial charge on any atom is 0.407 e. The summed E-state index contributed by atoms with van der Waals surface area (Å²) in [5, 5.41) is 12.4. The minimum absolute atomic E-state index is 0.218. The molecule has 166 valence electrons. The first kappa shape index (κ1) is 22.8. The summed E-state index contributed by atoms with van der Waals surface area (Å²) in [6.07, 6.45) is -0.0791. The summed E-state index contributed by atoms with van der Waals surface area (Å²) in [6.45, 7) is 6.83. The maximum absolute atomic E-state index is 13.1. The van der Waals surface area contributed by atoms with Crippen LogP contribution < -0.4 is 5.32 Å². The second-order valence-electron chi connectivity index (χ2n) is 8.30. The van der Waals surface area contributed by atoms with Crippen LogP contribution in [0.3, 0.4) is 0 Å². The lowest BCUT2D eigenvalue weighted by molar-refractivity contribution is -0.125. The van der Waals surface area contributed by atoms with E-state index in [0.717, 1.165) is 6.42 Å². The smallest absolute Gasteiger partial charge is 0.407 e. The van der Waals surface area contributed by atoms with Crippen molar-refractivity contribution >= 4 is 39.4 Å². The minimum Gasteiger partial charge on any atom is -0.465 e. The van der Waals surface area contributed by atoms with Crippen LogP contribution >= 0.6 is 22.5 Å². The molecular formula is C20H29N3O5S2. The van der Waals surface area contributed by atoms with Crippen molar-refractivity contribution in [3.63, 3.8) is 0 Å². The van der Waals surface area contributed by atoms with E-state index in [1.807, 2.05) is 6.07 Å². The number of thioether (sulfide) groups is 1. The minimum atomic E-state index is -3.48. The molecule has 0 spiro atoms. The molecule has 1 saturated heterocycles. The number of likely N-dealkylation sites (tertiary alicyclic amines) is 1. The molecular weight excluding hydrogens is 426 g/mol. The number of carboxylic acid groups (broad SMARTS) is 1. The molecule has 0 aliphatic carbocycles. The summed E-state index contributed by atoms with van der Waals surface area (Å²) >= 11 is 1.66. The van der Waals surface area contributed by atoms with E-state index >= 15 is 0 Å². The monoisotopic (exact) mass is 455 g/mol. The topological polar surface area (TPSA) is 113 Å². The third-order valence-electron chi connectivity index (χ3n) is 4.97. The van der Waals surface area contributed by atoms with Crippen molar-refractivity contribution in [1.29, 1.82) is 0 Å². The Bertz CT molecular complexity index is 839.